The molecule has 0 bridgehead atoms. The van der Waals surface area contributed by atoms with Crippen molar-refractivity contribution in [3.8, 4) is 0 Å². The second-order valence-electron chi connectivity index (χ2n) is 6.14. The first kappa shape index (κ1) is 22.7. The standard InChI is InChI=1S/C20H36O4/c1-5-9-11-13-17(23-19(21)7-3)15-16-18(14-12-10-6-2)24-20(22)8-4/h15-18H,5-14H2,1-4H3/b16-15-/t17-,18-/m0/s1. The molecule has 0 unspecified atom stereocenters. The van der Waals surface area contributed by atoms with Gasteiger partial charge in [-0.1, -0.05) is 53.4 Å². The van der Waals surface area contributed by atoms with E-state index in [1.165, 1.54) is 0 Å². The summed E-state index contributed by atoms with van der Waals surface area (Å²) >= 11 is 0. The van der Waals surface area contributed by atoms with Crippen molar-refractivity contribution in [3.63, 3.8) is 0 Å². The summed E-state index contributed by atoms with van der Waals surface area (Å²) in [6, 6.07) is 0. The molecule has 0 amide bonds. The third-order valence-electron chi connectivity index (χ3n) is 3.87. The molecule has 4 nitrogen and oxygen atoms in total. The predicted molar refractivity (Wildman–Crippen MR) is 97.8 cm³/mol. The summed E-state index contributed by atoms with van der Waals surface area (Å²) in [6.45, 7) is 7.89. The van der Waals surface area contributed by atoms with Crippen LogP contribution in [0.4, 0.5) is 0 Å². The van der Waals surface area contributed by atoms with E-state index in [2.05, 4.69) is 13.8 Å². The van der Waals surface area contributed by atoms with E-state index < -0.39 is 0 Å². The molecule has 24 heavy (non-hydrogen) atoms. The summed E-state index contributed by atoms with van der Waals surface area (Å²) in [5.41, 5.74) is 0. The summed E-state index contributed by atoms with van der Waals surface area (Å²) in [5, 5.41) is 0. The molecular formula is C20H36O4. The lowest BCUT2D eigenvalue weighted by Gasteiger charge is -2.17. The van der Waals surface area contributed by atoms with Crippen molar-refractivity contribution in [1.82, 2.24) is 0 Å². The normalized spacial score (nSPS) is 13.7. The first-order valence-electron chi connectivity index (χ1n) is 9.64. The Labute approximate surface area is 148 Å². The van der Waals surface area contributed by atoms with Gasteiger partial charge in [0, 0.05) is 12.8 Å². The van der Waals surface area contributed by atoms with Gasteiger partial charge in [-0.15, -0.1) is 0 Å². The molecule has 0 aliphatic carbocycles. The average molecular weight is 341 g/mol. The fraction of sp³-hybridized carbons (Fsp3) is 0.800. The van der Waals surface area contributed by atoms with Crippen LogP contribution in [0.25, 0.3) is 0 Å². The van der Waals surface area contributed by atoms with Crippen LogP contribution in [0.3, 0.4) is 0 Å². The molecule has 0 fully saturated rings. The minimum atomic E-state index is -0.224. The SMILES string of the molecule is CCCCC[C@@H](/C=C\[C@H](CCCCC)OC(=O)CC)OC(=O)CC. The van der Waals surface area contributed by atoms with Gasteiger partial charge in [0.15, 0.2) is 0 Å². The van der Waals surface area contributed by atoms with E-state index in [-0.39, 0.29) is 24.1 Å². The number of hydrogen-bond donors (Lipinski definition) is 0. The zero-order chi connectivity index (χ0) is 18.2. The third-order valence-corrected chi connectivity index (χ3v) is 3.87. The highest BCUT2D eigenvalue weighted by molar-refractivity contribution is 5.69. The van der Waals surface area contributed by atoms with Gasteiger partial charge in [0.05, 0.1) is 0 Å². The average Bonchev–Trinajstić information content (AvgIpc) is 2.58. The summed E-state index contributed by atoms with van der Waals surface area (Å²) in [6.07, 6.45) is 12.3. The van der Waals surface area contributed by atoms with Gasteiger partial charge in [0.25, 0.3) is 0 Å². The van der Waals surface area contributed by atoms with Crippen LogP contribution in [0.15, 0.2) is 12.2 Å². The molecule has 0 saturated carbocycles. The van der Waals surface area contributed by atoms with Crippen molar-refractivity contribution < 1.29 is 19.1 Å². The second kappa shape index (κ2) is 15.2. The topological polar surface area (TPSA) is 52.6 Å². The van der Waals surface area contributed by atoms with Gasteiger partial charge >= 0.3 is 11.9 Å². The Balaban J connectivity index is 4.73. The molecule has 0 aliphatic heterocycles. The molecule has 0 radical (unpaired) electrons. The van der Waals surface area contributed by atoms with E-state index in [1.807, 2.05) is 12.2 Å². The van der Waals surface area contributed by atoms with Crippen molar-refractivity contribution in [2.75, 3.05) is 0 Å². The Morgan fingerprint density at radius 1 is 0.708 bits per heavy atom. The van der Waals surface area contributed by atoms with E-state index in [0.717, 1.165) is 51.4 Å². The highest BCUT2D eigenvalue weighted by Gasteiger charge is 2.13. The number of carbonyl (C=O) groups excluding carboxylic acids is 2. The largest absolute Gasteiger partial charge is 0.458 e. The number of ether oxygens (including phenoxy) is 2. The number of rotatable bonds is 14. The van der Waals surface area contributed by atoms with E-state index in [4.69, 9.17) is 9.47 Å². The fourth-order valence-corrected chi connectivity index (χ4v) is 2.33. The smallest absolute Gasteiger partial charge is 0.306 e. The highest BCUT2D eigenvalue weighted by atomic mass is 16.5. The summed E-state index contributed by atoms with van der Waals surface area (Å²) in [7, 11) is 0. The van der Waals surface area contributed by atoms with Gasteiger partial charge in [-0.2, -0.15) is 0 Å². The summed E-state index contributed by atoms with van der Waals surface area (Å²) in [5.74, 6) is -0.372. The van der Waals surface area contributed by atoms with E-state index in [9.17, 15) is 9.59 Å². The molecule has 0 saturated heterocycles. The molecule has 0 aromatic carbocycles. The molecule has 0 aromatic rings. The van der Waals surface area contributed by atoms with Gasteiger partial charge in [-0.25, -0.2) is 0 Å². The molecule has 0 aromatic heterocycles. The van der Waals surface area contributed by atoms with E-state index in [0.29, 0.717) is 12.8 Å². The Kier molecular flexibility index (Phi) is 14.4. The van der Waals surface area contributed by atoms with Crippen LogP contribution >= 0.6 is 0 Å². The molecular weight excluding hydrogens is 304 g/mol. The zero-order valence-electron chi connectivity index (χ0n) is 16.0. The van der Waals surface area contributed by atoms with Crippen molar-refractivity contribution in [2.24, 2.45) is 0 Å². The molecule has 0 N–H and O–H groups in total. The van der Waals surface area contributed by atoms with Gasteiger partial charge in [-0.05, 0) is 37.8 Å². The summed E-state index contributed by atoms with van der Waals surface area (Å²) < 4.78 is 11.0. The molecule has 0 heterocycles. The Hall–Kier alpha value is -1.32. The van der Waals surface area contributed by atoms with Crippen LogP contribution in [0.2, 0.25) is 0 Å². The van der Waals surface area contributed by atoms with Crippen LogP contribution in [0.1, 0.15) is 91.9 Å². The second-order valence-corrected chi connectivity index (χ2v) is 6.14. The third kappa shape index (κ3) is 12.1. The molecule has 4 heteroatoms. The minimum absolute atomic E-state index is 0.186. The van der Waals surface area contributed by atoms with E-state index >= 15 is 0 Å². The highest BCUT2D eigenvalue weighted by Crippen LogP contribution is 2.14. The van der Waals surface area contributed by atoms with Crippen molar-refractivity contribution >= 4 is 11.9 Å². The first-order valence-corrected chi connectivity index (χ1v) is 9.64. The molecule has 0 aliphatic rings. The first-order chi connectivity index (χ1) is 11.6. The Morgan fingerprint density at radius 3 is 1.38 bits per heavy atom. The lowest BCUT2D eigenvalue weighted by Crippen LogP contribution is -2.19. The van der Waals surface area contributed by atoms with Crippen molar-refractivity contribution in [1.29, 1.82) is 0 Å². The van der Waals surface area contributed by atoms with Gasteiger partial charge in [-0.3, -0.25) is 9.59 Å². The molecule has 140 valence electrons. The van der Waals surface area contributed by atoms with Crippen LogP contribution < -0.4 is 0 Å². The molecule has 0 rings (SSSR count). The zero-order valence-corrected chi connectivity index (χ0v) is 16.0. The minimum Gasteiger partial charge on any atom is -0.458 e. The number of hydrogen-bond acceptors (Lipinski definition) is 4. The number of unbranched alkanes of at least 4 members (excludes halogenated alkanes) is 4. The van der Waals surface area contributed by atoms with Gasteiger partial charge < -0.3 is 9.47 Å². The van der Waals surface area contributed by atoms with Crippen molar-refractivity contribution in [3.05, 3.63) is 12.2 Å². The Morgan fingerprint density at radius 2 is 1.08 bits per heavy atom. The number of carbonyl (C=O) groups is 2. The van der Waals surface area contributed by atoms with Crippen LogP contribution in [0.5, 0.6) is 0 Å². The van der Waals surface area contributed by atoms with Crippen molar-refractivity contribution in [2.45, 2.75) is 104 Å². The fourth-order valence-electron chi connectivity index (χ4n) is 2.33. The maximum absolute atomic E-state index is 11.6. The van der Waals surface area contributed by atoms with Crippen LogP contribution in [-0.2, 0) is 19.1 Å². The molecule has 0 spiro atoms. The lowest BCUT2D eigenvalue weighted by molar-refractivity contribution is -0.148. The van der Waals surface area contributed by atoms with E-state index in [1.54, 1.807) is 13.8 Å². The number of esters is 2. The summed E-state index contributed by atoms with van der Waals surface area (Å²) in [4.78, 5) is 23.2. The lowest BCUT2D eigenvalue weighted by atomic mass is 10.1. The van der Waals surface area contributed by atoms with Gasteiger partial charge in [0.2, 0.25) is 0 Å². The predicted octanol–water partition coefficient (Wildman–Crippen LogP) is 5.35. The molecule has 2 atom stereocenters. The van der Waals surface area contributed by atoms with Gasteiger partial charge in [0.1, 0.15) is 12.2 Å². The quantitative estimate of drug-likeness (QED) is 0.243. The Bertz CT molecular complexity index is 329. The van der Waals surface area contributed by atoms with Crippen LogP contribution in [0, 0.1) is 0 Å². The maximum atomic E-state index is 11.6. The monoisotopic (exact) mass is 340 g/mol. The van der Waals surface area contributed by atoms with Crippen LogP contribution in [-0.4, -0.2) is 24.1 Å². The maximum Gasteiger partial charge on any atom is 0.306 e.